The molecule has 1 saturated heterocycles. The second-order valence-electron chi connectivity index (χ2n) is 4.87. The molecule has 0 aromatic heterocycles. The third-order valence-corrected chi connectivity index (χ3v) is 3.48. The molecular weight excluding hydrogens is 268 g/mol. The number of carboxylic acid groups (broad SMARTS) is 1. The standard InChI is InChI=1S/C14H15F2NO3/c15-11-5-1-3-9(14(11)16)7-12(18)17-6-2-4-10(17)8-13(19)20/h1,3,5,10H,2,4,6-8H2,(H,19,20). The molecule has 1 aromatic rings. The first-order valence-electron chi connectivity index (χ1n) is 6.43. The van der Waals surface area contributed by atoms with Gasteiger partial charge in [0.25, 0.3) is 0 Å². The lowest BCUT2D eigenvalue weighted by Gasteiger charge is -2.23. The number of aliphatic carboxylic acids is 1. The zero-order valence-electron chi connectivity index (χ0n) is 10.8. The van der Waals surface area contributed by atoms with Gasteiger partial charge in [-0.3, -0.25) is 9.59 Å². The summed E-state index contributed by atoms with van der Waals surface area (Å²) >= 11 is 0. The van der Waals surface area contributed by atoms with Gasteiger partial charge in [-0.1, -0.05) is 12.1 Å². The Bertz CT molecular complexity index is 533. The maximum atomic E-state index is 13.5. The summed E-state index contributed by atoms with van der Waals surface area (Å²) in [5, 5.41) is 8.80. The summed E-state index contributed by atoms with van der Waals surface area (Å²) in [5.74, 6) is -3.33. The molecule has 0 radical (unpaired) electrons. The minimum atomic E-state index is -1.02. The average Bonchev–Trinajstić information content (AvgIpc) is 2.82. The Morgan fingerprint density at radius 1 is 1.35 bits per heavy atom. The van der Waals surface area contributed by atoms with Crippen molar-refractivity contribution in [1.29, 1.82) is 0 Å². The molecule has 108 valence electrons. The number of amides is 1. The molecular formula is C14H15F2NO3. The minimum Gasteiger partial charge on any atom is -0.481 e. The van der Waals surface area contributed by atoms with Gasteiger partial charge in [0.1, 0.15) is 0 Å². The fourth-order valence-electron chi connectivity index (χ4n) is 2.53. The number of halogens is 2. The number of hydrogen-bond donors (Lipinski definition) is 1. The predicted molar refractivity (Wildman–Crippen MR) is 67.0 cm³/mol. The van der Waals surface area contributed by atoms with Crippen LogP contribution in [0.4, 0.5) is 8.78 Å². The molecule has 1 aliphatic heterocycles. The van der Waals surface area contributed by atoms with Crippen molar-refractivity contribution in [1.82, 2.24) is 4.90 Å². The van der Waals surface area contributed by atoms with Crippen molar-refractivity contribution >= 4 is 11.9 Å². The van der Waals surface area contributed by atoms with Crippen LogP contribution in [0.1, 0.15) is 24.8 Å². The van der Waals surface area contributed by atoms with Crippen LogP contribution in [0, 0.1) is 11.6 Å². The highest BCUT2D eigenvalue weighted by atomic mass is 19.2. The molecule has 4 nitrogen and oxygen atoms in total. The summed E-state index contributed by atoms with van der Waals surface area (Å²) in [6, 6.07) is 3.35. The van der Waals surface area contributed by atoms with Gasteiger partial charge >= 0.3 is 5.97 Å². The van der Waals surface area contributed by atoms with Crippen molar-refractivity contribution in [2.45, 2.75) is 31.7 Å². The highest BCUT2D eigenvalue weighted by Gasteiger charge is 2.30. The lowest BCUT2D eigenvalue weighted by atomic mass is 10.1. The Morgan fingerprint density at radius 3 is 2.80 bits per heavy atom. The number of carbonyl (C=O) groups excluding carboxylic acids is 1. The number of carbonyl (C=O) groups is 2. The lowest BCUT2D eigenvalue weighted by molar-refractivity contribution is -0.139. The molecule has 6 heteroatoms. The Balaban J connectivity index is 2.07. The second-order valence-corrected chi connectivity index (χ2v) is 4.87. The third kappa shape index (κ3) is 3.12. The number of rotatable bonds is 4. The third-order valence-electron chi connectivity index (χ3n) is 3.48. The van der Waals surface area contributed by atoms with E-state index in [4.69, 9.17) is 5.11 Å². The van der Waals surface area contributed by atoms with Crippen LogP contribution in [0.15, 0.2) is 18.2 Å². The van der Waals surface area contributed by atoms with Gasteiger partial charge in [-0.15, -0.1) is 0 Å². The first-order chi connectivity index (χ1) is 9.49. The molecule has 2 rings (SSSR count). The van der Waals surface area contributed by atoms with Gasteiger partial charge in [-0.25, -0.2) is 8.78 Å². The van der Waals surface area contributed by atoms with Crippen LogP contribution in [0.5, 0.6) is 0 Å². The maximum absolute atomic E-state index is 13.5. The Morgan fingerprint density at radius 2 is 2.10 bits per heavy atom. The number of carboxylic acids is 1. The quantitative estimate of drug-likeness (QED) is 0.919. The van der Waals surface area contributed by atoms with E-state index >= 15 is 0 Å². The topological polar surface area (TPSA) is 57.6 Å². The van der Waals surface area contributed by atoms with Gasteiger partial charge < -0.3 is 10.0 Å². The largest absolute Gasteiger partial charge is 0.481 e. The fourth-order valence-corrected chi connectivity index (χ4v) is 2.53. The molecule has 1 fully saturated rings. The molecule has 1 N–H and O–H groups in total. The molecule has 20 heavy (non-hydrogen) atoms. The molecule has 1 unspecified atom stereocenters. The number of benzene rings is 1. The molecule has 0 aliphatic carbocycles. The van der Waals surface area contributed by atoms with Crippen molar-refractivity contribution in [2.24, 2.45) is 0 Å². The first kappa shape index (κ1) is 14.4. The van der Waals surface area contributed by atoms with E-state index in [1.807, 2.05) is 0 Å². The first-order valence-corrected chi connectivity index (χ1v) is 6.43. The van der Waals surface area contributed by atoms with Crippen LogP contribution in [0.25, 0.3) is 0 Å². The summed E-state index contributed by atoms with van der Waals surface area (Å²) in [6.07, 6.45) is 0.996. The zero-order valence-corrected chi connectivity index (χ0v) is 10.8. The van der Waals surface area contributed by atoms with Gasteiger partial charge in [-0.2, -0.15) is 0 Å². The van der Waals surface area contributed by atoms with Crippen LogP contribution in [-0.2, 0) is 16.0 Å². The number of hydrogen-bond acceptors (Lipinski definition) is 2. The van der Waals surface area contributed by atoms with Crippen LogP contribution in [0.2, 0.25) is 0 Å². The number of likely N-dealkylation sites (tertiary alicyclic amines) is 1. The predicted octanol–water partition coefficient (Wildman–Crippen LogP) is 1.97. The van der Waals surface area contributed by atoms with Gasteiger partial charge in [-0.05, 0) is 18.9 Å². The van der Waals surface area contributed by atoms with E-state index in [1.165, 1.54) is 17.0 Å². The normalized spacial score (nSPS) is 18.3. The molecule has 1 amide bonds. The summed E-state index contributed by atoms with van der Waals surface area (Å²) in [7, 11) is 0. The van der Waals surface area contributed by atoms with E-state index in [2.05, 4.69) is 0 Å². The summed E-state index contributed by atoms with van der Waals surface area (Å²) in [5.41, 5.74) is -0.00373. The van der Waals surface area contributed by atoms with Crippen molar-refractivity contribution in [3.05, 3.63) is 35.4 Å². The van der Waals surface area contributed by atoms with Crippen molar-refractivity contribution < 1.29 is 23.5 Å². The van der Waals surface area contributed by atoms with Crippen LogP contribution in [0.3, 0.4) is 0 Å². The highest BCUT2D eigenvalue weighted by molar-refractivity contribution is 5.80. The molecule has 1 heterocycles. The Labute approximate surface area is 115 Å². The number of nitrogens with zero attached hydrogens (tertiary/aromatic N) is 1. The van der Waals surface area contributed by atoms with Crippen LogP contribution in [-0.4, -0.2) is 34.5 Å². The van der Waals surface area contributed by atoms with E-state index < -0.39 is 17.6 Å². The molecule has 1 aliphatic rings. The molecule has 0 spiro atoms. The summed E-state index contributed by atoms with van der Waals surface area (Å²) in [6.45, 7) is 0.466. The van der Waals surface area contributed by atoms with E-state index in [0.717, 1.165) is 12.5 Å². The van der Waals surface area contributed by atoms with Gasteiger partial charge in [0.2, 0.25) is 5.91 Å². The van der Waals surface area contributed by atoms with Gasteiger partial charge in [0, 0.05) is 18.2 Å². The fraction of sp³-hybridized carbons (Fsp3) is 0.429. The average molecular weight is 283 g/mol. The minimum absolute atomic E-state index is 0.00373. The SMILES string of the molecule is O=C(O)CC1CCCN1C(=O)Cc1cccc(F)c1F. The van der Waals surface area contributed by atoms with Crippen molar-refractivity contribution in [3.8, 4) is 0 Å². The van der Waals surface area contributed by atoms with Gasteiger partial charge in [0.05, 0.1) is 12.8 Å². The molecule has 1 aromatic carbocycles. The van der Waals surface area contributed by atoms with Gasteiger partial charge in [0.15, 0.2) is 11.6 Å². The smallest absolute Gasteiger partial charge is 0.305 e. The van der Waals surface area contributed by atoms with E-state index in [1.54, 1.807) is 0 Å². The van der Waals surface area contributed by atoms with Crippen molar-refractivity contribution in [2.75, 3.05) is 6.54 Å². The molecule has 0 bridgehead atoms. The zero-order chi connectivity index (χ0) is 14.7. The van der Waals surface area contributed by atoms with E-state index in [0.29, 0.717) is 13.0 Å². The lowest BCUT2D eigenvalue weighted by Crippen LogP contribution is -2.37. The maximum Gasteiger partial charge on any atom is 0.305 e. The summed E-state index contributed by atoms with van der Waals surface area (Å²) < 4.78 is 26.6. The Hall–Kier alpha value is -1.98. The van der Waals surface area contributed by atoms with E-state index in [-0.39, 0.29) is 30.4 Å². The van der Waals surface area contributed by atoms with E-state index in [9.17, 15) is 18.4 Å². The molecule has 0 saturated carbocycles. The molecule has 1 atom stereocenters. The summed E-state index contributed by atoms with van der Waals surface area (Å²) in [4.78, 5) is 24.3. The highest BCUT2D eigenvalue weighted by Crippen LogP contribution is 2.22. The van der Waals surface area contributed by atoms with Crippen LogP contribution < -0.4 is 0 Å². The second kappa shape index (κ2) is 5.98. The van der Waals surface area contributed by atoms with Crippen LogP contribution >= 0.6 is 0 Å². The Kier molecular flexibility index (Phi) is 4.32. The van der Waals surface area contributed by atoms with Crippen molar-refractivity contribution in [3.63, 3.8) is 0 Å². The monoisotopic (exact) mass is 283 g/mol.